The summed E-state index contributed by atoms with van der Waals surface area (Å²) in [5.74, 6) is -2.13. The lowest BCUT2D eigenvalue weighted by Gasteiger charge is -2.13. The molecule has 3 N–H and O–H groups in total. The smallest absolute Gasteiger partial charge is 0.402 e. The maximum absolute atomic E-state index is 12.8. The van der Waals surface area contributed by atoms with Crippen LogP contribution in [0.3, 0.4) is 0 Å². The Hall–Kier alpha value is -1.81. The third kappa shape index (κ3) is 3.58. The van der Waals surface area contributed by atoms with Crippen molar-refractivity contribution in [3.05, 3.63) is 29.6 Å². The number of ether oxygens (including phenoxy) is 1. The molecule has 0 aliphatic rings. The Morgan fingerprint density at radius 2 is 2.00 bits per heavy atom. The van der Waals surface area contributed by atoms with E-state index in [1.807, 2.05) is 0 Å². The lowest BCUT2D eigenvalue weighted by atomic mass is 10.2. The Balaban J connectivity index is 2.82. The van der Waals surface area contributed by atoms with Gasteiger partial charge < -0.3 is 10.5 Å². The molecule has 0 heterocycles. The van der Waals surface area contributed by atoms with Gasteiger partial charge in [0.05, 0.1) is 5.56 Å². The molecule has 19 heavy (non-hydrogen) atoms. The molecule has 0 radical (unpaired) electrons. The van der Waals surface area contributed by atoms with E-state index in [-0.39, 0.29) is 5.69 Å². The van der Waals surface area contributed by atoms with Crippen LogP contribution in [0.4, 0.5) is 18.9 Å². The number of carbonyl (C=O) groups excluding carboxylic acids is 1. The minimum atomic E-state index is -5.70. The molecule has 0 saturated carbocycles. The highest BCUT2D eigenvalue weighted by Crippen LogP contribution is 2.22. The third-order valence-corrected chi connectivity index (χ3v) is 2.85. The van der Waals surface area contributed by atoms with Crippen LogP contribution in [0.2, 0.25) is 0 Å². The standard InChI is InChI=1S/C9H8F3NO5S/c10-5-1-2-6(7(13)3-5)8(14)18-4-9(11,12)19(15,16)17/h1-3H,4,13H2,(H,15,16,17). The summed E-state index contributed by atoms with van der Waals surface area (Å²) in [4.78, 5) is 11.3. The quantitative estimate of drug-likeness (QED) is 0.489. The zero-order chi connectivity index (χ0) is 14.8. The van der Waals surface area contributed by atoms with Crippen LogP contribution in [-0.4, -0.2) is 30.8 Å². The van der Waals surface area contributed by atoms with Crippen LogP contribution in [0.5, 0.6) is 0 Å². The molecule has 0 atom stereocenters. The van der Waals surface area contributed by atoms with Crippen molar-refractivity contribution in [3.63, 3.8) is 0 Å². The van der Waals surface area contributed by atoms with Gasteiger partial charge in [0.1, 0.15) is 5.82 Å². The first kappa shape index (κ1) is 15.2. The first-order valence-electron chi connectivity index (χ1n) is 4.61. The van der Waals surface area contributed by atoms with E-state index in [2.05, 4.69) is 4.74 Å². The average Bonchev–Trinajstić information content (AvgIpc) is 2.24. The van der Waals surface area contributed by atoms with Crippen molar-refractivity contribution in [1.82, 2.24) is 0 Å². The van der Waals surface area contributed by atoms with Gasteiger partial charge in [-0.3, -0.25) is 4.55 Å². The molecule has 0 fully saturated rings. The van der Waals surface area contributed by atoms with Gasteiger partial charge in [0.2, 0.25) is 0 Å². The molecule has 0 aliphatic carbocycles. The van der Waals surface area contributed by atoms with Crippen LogP contribution < -0.4 is 5.73 Å². The molecular weight excluding hydrogens is 291 g/mol. The fraction of sp³-hybridized carbons (Fsp3) is 0.222. The molecule has 1 rings (SSSR count). The van der Waals surface area contributed by atoms with E-state index in [1.165, 1.54) is 0 Å². The van der Waals surface area contributed by atoms with Gasteiger partial charge in [-0.2, -0.15) is 17.2 Å². The van der Waals surface area contributed by atoms with E-state index in [9.17, 15) is 26.4 Å². The molecule has 1 aromatic rings. The summed E-state index contributed by atoms with van der Waals surface area (Å²) in [6.07, 6.45) is 0. The van der Waals surface area contributed by atoms with Gasteiger partial charge in [-0.15, -0.1) is 0 Å². The highest BCUT2D eigenvalue weighted by molar-refractivity contribution is 7.86. The van der Waals surface area contributed by atoms with Gasteiger partial charge in [-0.1, -0.05) is 0 Å². The fourth-order valence-electron chi connectivity index (χ4n) is 1.02. The minimum Gasteiger partial charge on any atom is -0.454 e. The average molecular weight is 299 g/mol. The first-order chi connectivity index (χ1) is 8.54. The minimum absolute atomic E-state index is 0.361. The molecule has 0 aromatic heterocycles. The molecule has 0 bridgehead atoms. The number of carbonyl (C=O) groups is 1. The number of alkyl halides is 2. The van der Waals surface area contributed by atoms with E-state index in [0.29, 0.717) is 0 Å². The van der Waals surface area contributed by atoms with Crippen molar-refractivity contribution in [2.75, 3.05) is 12.3 Å². The Morgan fingerprint density at radius 1 is 1.42 bits per heavy atom. The number of anilines is 1. The number of nitrogen functional groups attached to an aromatic ring is 1. The SMILES string of the molecule is Nc1cc(F)ccc1C(=O)OCC(F)(F)S(=O)(=O)O. The number of hydrogen-bond acceptors (Lipinski definition) is 5. The maximum Gasteiger partial charge on any atom is 0.402 e. The summed E-state index contributed by atoms with van der Waals surface area (Å²) in [5.41, 5.74) is 4.48. The molecular formula is C9H8F3NO5S. The van der Waals surface area contributed by atoms with Crippen molar-refractivity contribution in [2.45, 2.75) is 5.25 Å². The summed E-state index contributed by atoms with van der Waals surface area (Å²) < 4.78 is 70.9. The van der Waals surface area contributed by atoms with Crippen LogP contribution in [0, 0.1) is 5.82 Å². The lowest BCUT2D eigenvalue weighted by molar-refractivity contribution is -0.00943. The van der Waals surface area contributed by atoms with E-state index in [4.69, 9.17) is 10.3 Å². The van der Waals surface area contributed by atoms with Gasteiger partial charge in [0, 0.05) is 5.69 Å². The highest BCUT2D eigenvalue weighted by Gasteiger charge is 2.45. The van der Waals surface area contributed by atoms with Crippen molar-refractivity contribution in [3.8, 4) is 0 Å². The van der Waals surface area contributed by atoms with Crippen molar-refractivity contribution >= 4 is 21.8 Å². The van der Waals surface area contributed by atoms with E-state index < -0.39 is 39.3 Å². The number of nitrogens with two attached hydrogens (primary N) is 1. The topological polar surface area (TPSA) is 107 Å². The van der Waals surface area contributed by atoms with Crippen molar-refractivity contribution < 1.29 is 35.7 Å². The highest BCUT2D eigenvalue weighted by atomic mass is 32.2. The van der Waals surface area contributed by atoms with Crippen molar-refractivity contribution in [2.24, 2.45) is 0 Å². The third-order valence-electron chi connectivity index (χ3n) is 1.98. The first-order valence-corrected chi connectivity index (χ1v) is 6.05. The predicted octanol–water partition coefficient (Wildman–Crippen LogP) is 1.05. The molecule has 0 saturated heterocycles. The number of rotatable bonds is 4. The maximum atomic E-state index is 12.8. The summed E-state index contributed by atoms with van der Waals surface area (Å²) in [7, 11) is -5.70. The fourth-order valence-corrected chi connectivity index (χ4v) is 1.23. The molecule has 0 amide bonds. The van der Waals surface area contributed by atoms with Gasteiger partial charge in [-0.25, -0.2) is 9.18 Å². The summed E-state index contributed by atoms with van der Waals surface area (Å²) in [5, 5.41) is -4.64. The largest absolute Gasteiger partial charge is 0.454 e. The molecule has 10 heteroatoms. The lowest BCUT2D eigenvalue weighted by Crippen LogP contribution is -2.34. The summed E-state index contributed by atoms with van der Waals surface area (Å²) >= 11 is 0. The zero-order valence-corrected chi connectivity index (χ0v) is 9.96. The Labute approximate surface area is 105 Å². The second-order valence-electron chi connectivity index (χ2n) is 3.42. The van der Waals surface area contributed by atoms with Gasteiger partial charge in [-0.05, 0) is 18.2 Å². The van der Waals surface area contributed by atoms with Crippen molar-refractivity contribution in [1.29, 1.82) is 0 Å². The van der Waals surface area contributed by atoms with Crippen LogP contribution in [0.15, 0.2) is 18.2 Å². The molecule has 0 spiro atoms. The Bertz CT molecular complexity index is 602. The molecule has 6 nitrogen and oxygen atoms in total. The molecule has 1 aromatic carbocycles. The zero-order valence-electron chi connectivity index (χ0n) is 9.14. The van der Waals surface area contributed by atoms with Crippen LogP contribution >= 0.6 is 0 Å². The van der Waals surface area contributed by atoms with Gasteiger partial charge in [0.15, 0.2) is 6.61 Å². The van der Waals surface area contributed by atoms with E-state index in [1.54, 1.807) is 0 Å². The van der Waals surface area contributed by atoms with Crippen LogP contribution in [-0.2, 0) is 14.9 Å². The van der Waals surface area contributed by atoms with Crippen LogP contribution in [0.25, 0.3) is 0 Å². The number of benzene rings is 1. The van der Waals surface area contributed by atoms with Crippen LogP contribution in [0.1, 0.15) is 10.4 Å². The normalized spacial score (nSPS) is 12.2. The summed E-state index contributed by atoms with van der Waals surface area (Å²) in [6.45, 7) is -1.89. The Kier molecular flexibility index (Phi) is 4.06. The number of halogens is 3. The number of esters is 1. The second kappa shape index (κ2) is 5.05. The molecule has 106 valence electrons. The Morgan fingerprint density at radius 3 is 2.47 bits per heavy atom. The predicted molar refractivity (Wildman–Crippen MR) is 57.6 cm³/mol. The monoisotopic (exact) mass is 299 g/mol. The molecule has 0 aliphatic heterocycles. The summed E-state index contributed by atoms with van der Waals surface area (Å²) in [6, 6.07) is 2.49. The van der Waals surface area contributed by atoms with Gasteiger partial charge >= 0.3 is 21.3 Å². The van der Waals surface area contributed by atoms with Gasteiger partial charge in [0.25, 0.3) is 0 Å². The number of hydrogen-bond donors (Lipinski definition) is 2. The molecule has 0 unspecified atom stereocenters. The van der Waals surface area contributed by atoms with E-state index in [0.717, 1.165) is 18.2 Å². The van der Waals surface area contributed by atoms with E-state index >= 15 is 0 Å². The second-order valence-corrected chi connectivity index (χ2v) is 4.97.